The molecule has 0 saturated heterocycles. The Balaban J connectivity index is 2.07. The van der Waals surface area contributed by atoms with Gasteiger partial charge in [-0.15, -0.1) is 0 Å². The number of nitrogens with one attached hydrogen (secondary N) is 1. The van der Waals surface area contributed by atoms with E-state index in [0.717, 1.165) is 18.2 Å². The molecule has 116 valence electrons. The van der Waals surface area contributed by atoms with Crippen LogP contribution in [0.2, 0.25) is 0 Å². The van der Waals surface area contributed by atoms with Gasteiger partial charge in [-0.3, -0.25) is 4.79 Å². The highest BCUT2D eigenvalue weighted by Gasteiger charge is 2.18. The van der Waals surface area contributed by atoms with E-state index in [1.165, 1.54) is 18.2 Å². The van der Waals surface area contributed by atoms with Gasteiger partial charge in [0.15, 0.2) is 0 Å². The summed E-state index contributed by atoms with van der Waals surface area (Å²) >= 11 is 0. The number of benzene rings is 2. The predicted octanol–water partition coefficient (Wildman–Crippen LogP) is 2.88. The fourth-order valence-corrected chi connectivity index (χ4v) is 2.09. The van der Waals surface area contributed by atoms with Gasteiger partial charge in [0.05, 0.1) is 5.56 Å². The van der Waals surface area contributed by atoms with Crippen molar-refractivity contribution in [2.24, 2.45) is 0 Å². The predicted molar refractivity (Wildman–Crippen MR) is 74.8 cm³/mol. The molecule has 1 unspecified atom stereocenters. The van der Waals surface area contributed by atoms with Crippen LogP contribution in [0.1, 0.15) is 27.6 Å². The Bertz CT molecular complexity index is 663. The zero-order chi connectivity index (χ0) is 16.3. The highest BCUT2D eigenvalue weighted by atomic mass is 19.1. The van der Waals surface area contributed by atoms with Crippen LogP contribution in [0.25, 0.3) is 0 Å². The molecule has 0 aliphatic heterocycles. The van der Waals surface area contributed by atoms with E-state index in [-0.39, 0.29) is 5.56 Å². The molecule has 0 aromatic heterocycles. The van der Waals surface area contributed by atoms with Gasteiger partial charge in [0.2, 0.25) is 0 Å². The van der Waals surface area contributed by atoms with Crippen molar-refractivity contribution in [2.75, 3.05) is 6.54 Å². The Morgan fingerprint density at radius 2 is 1.82 bits per heavy atom. The first kappa shape index (κ1) is 16.0. The van der Waals surface area contributed by atoms with Gasteiger partial charge in [-0.25, -0.2) is 13.2 Å². The highest BCUT2D eigenvalue weighted by Crippen LogP contribution is 2.20. The number of aliphatic hydroxyl groups excluding tert-OH is 1. The maximum Gasteiger partial charge on any atom is 0.251 e. The van der Waals surface area contributed by atoms with Crippen LogP contribution in [-0.2, 0) is 0 Å². The molecule has 0 radical (unpaired) electrons. The molecular formula is C16H14F3NO2. The fourth-order valence-electron chi connectivity index (χ4n) is 2.09. The van der Waals surface area contributed by atoms with Crippen LogP contribution >= 0.6 is 0 Å². The highest BCUT2D eigenvalue weighted by molar-refractivity contribution is 5.94. The summed E-state index contributed by atoms with van der Waals surface area (Å²) in [7, 11) is 0. The summed E-state index contributed by atoms with van der Waals surface area (Å²) in [6.45, 7) is 1.23. The van der Waals surface area contributed by atoms with Crippen LogP contribution in [-0.4, -0.2) is 17.6 Å². The molecule has 6 heteroatoms. The van der Waals surface area contributed by atoms with E-state index >= 15 is 0 Å². The molecule has 2 rings (SSSR count). The minimum atomic E-state index is -1.54. The average Bonchev–Trinajstić information content (AvgIpc) is 2.43. The summed E-state index contributed by atoms with van der Waals surface area (Å²) in [5, 5.41) is 12.1. The number of carbonyl (C=O) groups is 1. The molecule has 0 bridgehead atoms. The van der Waals surface area contributed by atoms with Crippen LogP contribution in [0.3, 0.4) is 0 Å². The molecule has 3 nitrogen and oxygen atoms in total. The minimum absolute atomic E-state index is 0.0682. The molecule has 1 atom stereocenters. The number of rotatable bonds is 4. The molecule has 1 amide bonds. The average molecular weight is 309 g/mol. The van der Waals surface area contributed by atoms with Crippen molar-refractivity contribution >= 4 is 5.91 Å². The molecule has 0 aliphatic rings. The van der Waals surface area contributed by atoms with Gasteiger partial charge in [0, 0.05) is 12.1 Å². The van der Waals surface area contributed by atoms with Crippen molar-refractivity contribution in [2.45, 2.75) is 13.0 Å². The molecule has 2 aromatic rings. The van der Waals surface area contributed by atoms with Crippen LogP contribution in [0.4, 0.5) is 13.2 Å². The summed E-state index contributed by atoms with van der Waals surface area (Å²) < 4.78 is 40.2. The van der Waals surface area contributed by atoms with E-state index in [9.17, 15) is 23.1 Å². The lowest BCUT2D eigenvalue weighted by atomic mass is 10.1. The zero-order valence-corrected chi connectivity index (χ0v) is 11.7. The summed E-state index contributed by atoms with van der Waals surface area (Å²) in [5.74, 6) is -3.00. The molecule has 2 aromatic carbocycles. The van der Waals surface area contributed by atoms with E-state index in [1.807, 2.05) is 0 Å². The summed E-state index contributed by atoms with van der Waals surface area (Å²) in [5.41, 5.74) is 0.114. The molecule has 0 heterocycles. The third-order valence-corrected chi connectivity index (χ3v) is 3.09. The van der Waals surface area contributed by atoms with E-state index in [1.54, 1.807) is 6.92 Å². The van der Waals surface area contributed by atoms with Gasteiger partial charge in [0.25, 0.3) is 5.91 Å². The van der Waals surface area contributed by atoms with Crippen LogP contribution < -0.4 is 5.32 Å². The topological polar surface area (TPSA) is 49.3 Å². The first-order chi connectivity index (χ1) is 10.4. The van der Waals surface area contributed by atoms with Gasteiger partial charge >= 0.3 is 0 Å². The van der Waals surface area contributed by atoms with Crippen molar-refractivity contribution in [3.63, 3.8) is 0 Å². The lowest BCUT2D eigenvalue weighted by Gasteiger charge is -2.14. The Labute approximate surface area is 125 Å². The molecule has 0 fully saturated rings. The van der Waals surface area contributed by atoms with Gasteiger partial charge in [-0.05, 0) is 42.8 Å². The van der Waals surface area contributed by atoms with E-state index < -0.39 is 41.6 Å². The van der Waals surface area contributed by atoms with Crippen molar-refractivity contribution in [3.05, 3.63) is 70.5 Å². The van der Waals surface area contributed by atoms with Crippen molar-refractivity contribution in [3.8, 4) is 0 Å². The number of aliphatic hydroxyl groups is 1. The lowest BCUT2D eigenvalue weighted by molar-refractivity contribution is 0.0911. The second-order valence-electron chi connectivity index (χ2n) is 4.88. The zero-order valence-electron chi connectivity index (χ0n) is 11.7. The quantitative estimate of drug-likeness (QED) is 0.912. The van der Waals surface area contributed by atoms with E-state index in [4.69, 9.17) is 0 Å². The van der Waals surface area contributed by atoms with Crippen molar-refractivity contribution in [1.29, 1.82) is 0 Å². The first-order valence-corrected chi connectivity index (χ1v) is 6.56. The van der Waals surface area contributed by atoms with Crippen LogP contribution in [0.5, 0.6) is 0 Å². The lowest BCUT2D eigenvalue weighted by Crippen LogP contribution is -2.29. The molecule has 0 saturated carbocycles. The number of carbonyl (C=O) groups excluding carboxylic acids is 1. The summed E-state index contributed by atoms with van der Waals surface area (Å²) in [6, 6.07) is 6.97. The Morgan fingerprint density at radius 1 is 1.18 bits per heavy atom. The molecule has 0 spiro atoms. The van der Waals surface area contributed by atoms with Crippen LogP contribution in [0.15, 0.2) is 36.4 Å². The van der Waals surface area contributed by atoms with E-state index in [2.05, 4.69) is 5.32 Å². The second-order valence-corrected chi connectivity index (χ2v) is 4.88. The third-order valence-electron chi connectivity index (χ3n) is 3.09. The Hall–Kier alpha value is -2.34. The minimum Gasteiger partial charge on any atom is -0.386 e. The normalized spacial score (nSPS) is 12.0. The smallest absolute Gasteiger partial charge is 0.251 e. The molecular weight excluding hydrogens is 295 g/mol. The first-order valence-electron chi connectivity index (χ1n) is 6.56. The number of hydrogen-bond donors (Lipinski definition) is 2. The molecule has 2 N–H and O–H groups in total. The van der Waals surface area contributed by atoms with Crippen molar-refractivity contribution < 1.29 is 23.1 Å². The maximum atomic E-state index is 13.5. The van der Waals surface area contributed by atoms with Crippen molar-refractivity contribution in [1.82, 2.24) is 5.32 Å². The van der Waals surface area contributed by atoms with Gasteiger partial charge in [-0.1, -0.05) is 6.07 Å². The van der Waals surface area contributed by atoms with Crippen LogP contribution in [0, 0.1) is 24.4 Å². The fraction of sp³-hybridized carbons (Fsp3) is 0.188. The number of aryl methyl sites for hydroxylation is 1. The van der Waals surface area contributed by atoms with Gasteiger partial charge in [-0.2, -0.15) is 0 Å². The largest absolute Gasteiger partial charge is 0.386 e. The molecule has 22 heavy (non-hydrogen) atoms. The number of halogens is 3. The SMILES string of the molecule is Cc1cc(F)cc(C(=O)NCC(O)c2c(F)cccc2F)c1. The summed E-state index contributed by atoms with van der Waals surface area (Å²) in [6.07, 6.45) is -1.54. The van der Waals surface area contributed by atoms with Gasteiger partial charge in [0.1, 0.15) is 23.6 Å². The monoisotopic (exact) mass is 309 g/mol. The number of hydrogen-bond acceptors (Lipinski definition) is 2. The standard InChI is InChI=1S/C16H14F3NO2/c1-9-5-10(7-11(17)6-9)16(22)20-8-14(21)15-12(18)3-2-4-13(15)19/h2-7,14,21H,8H2,1H3,(H,20,22). The Morgan fingerprint density at radius 3 is 2.41 bits per heavy atom. The maximum absolute atomic E-state index is 13.5. The molecule has 0 aliphatic carbocycles. The van der Waals surface area contributed by atoms with E-state index in [0.29, 0.717) is 5.56 Å². The van der Waals surface area contributed by atoms with Gasteiger partial charge < -0.3 is 10.4 Å². The Kier molecular flexibility index (Phi) is 4.82. The second kappa shape index (κ2) is 6.62. The number of amides is 1. The third kappa shape index (κ3) is 3.65. The summed E-state index contributed by atoms with van der Waals surface area (Å²) in [4.78, 5) is 11.9.